The van der Waals surface area contributed by atoms with Crippen LogP contribution in [0.5, 0.6) is 5.75 Å². The third-order valence-corrected chi connectivity index (χ3v) is 4.15. The number of halogens is 2. The fourth-order valence-corrected chi connectivity index (χ4v) is 3.19. The maximum atomic E-state index is 13.2. The van der Waals surface area contributed by atoms with Crippen molar-refractivity contribution >= 4 is 15.9 Å². The Kier molecular flexibility index (Phi) is 4.27. The van der Waals surface area contributed by atoms with E-state index in [-0.39, 0.29) is 5.82 Å². The number of hydrogen-bond acceptors (Lipinski definition) is 2. The molecule has 21 heavy (non-hydrogen) atoms. The molecule has 110 valence electrons. The van der Waals surface area contributed by atoms with Gasteiger partial charge in [-0.25, -0.2) is 4.39 Å². The number of fused-ring (bicyclic) bond motifs is 1. The first-order chi connectivity index (χ1) is 10.1. The summed E-state index contributed by atoms with van der Waals surface area (Å²) in [7, 11) is 0. The van der Waals surface area contributed by atoms with Crippen LogP contribution in [-0.4, -0.2) is 6.61 Å². The minimum absolute atomic E-state index is 0.156. The molecule has 0 aromatic heterocycles. The van der Waals surface area contributed by atoms with Crippen molar-refractivity contribution in [1.29, 1.82) is 0 Å². The summed E-state index contributed by atoms with van der Waals surface area (Å²) in [6, 6.07) is 9.43. The lowest BCUT2D eigenvalue weighted by Gasteiger charge is -2.11. The van der Waals surface area contributed by atoms with Crippen LogP contribution in [0.15, 0.2) is 34.8 Å². The van der Waals surface area contributed by atoms with Gasteiger partial charge in [0.2, 0.25) is 0 Å². The quantitative estimate of drug-likeness (QED) is 0.896. The van der Waals surface area contributed by atoms with Crippen molar-refractivity contribution < 1.29 is 9.13 Å². The molecule has 0 radical (unpaired) electrons. The van der Waals surface area contributed by atoms with Gasteiger partial charge >= 0.3 is 0 Å². The number of benzene rings is 2. The molecule has 0 unspecified atom stereocenters. The lowest BCUT2D eigenvalue weighted by molar-refractivity contribution is 0.352. The van der Waals surface area contributed by atoms with Crippen molar-refractivity contribution in [3.05, 3.63) is 62.9 Å². The second-order valence-corrected chi connectivity index (χ2v) is 6.25. The molecule has 0 aliphatic carbocycles. The van der Waals surface area contributed by atoms with Gasteiger partial charge in [-0.3, -0.25) is 0 Å². The molecular weight excluding hydrogens is 333 g/mol. The van der Waals surface area contributed by atoms with E-state index >= 15 is 0 Å². The Balaban J connectivity index is 1.67. The molecule has 0 fully saturated rings. The Morgan fingerprint density at radius 1 is 1.24 bits per heavy atom. The number of aryl methyl sites for hydroxylation is 1. The van der Waals surface area contributed by atoms with Gasteiger partial charge in [-0.05, 0) is 41.8 Å². The highest BCUT2D eigenvalue weighted by molar-refractivity contribution is 9.10. The number of ether oxygens (including phenoxy) is 1. The molecule has 0 atom stereocenters. The standard InChI is InChI=1S/C17H17BrFNO/c1-11-6-12(2-3-16(11)19)9-20-10-14-8-15(18)7-13-4-5-21-17(13)14/h2-3,6-8,20H,4-5,9-10H2,1H3. The molecule has 2 aromatic rings. The molecule has 1 aliphatic rings. The summed E-state index contributed by atoms with van der Waals surface area (Å²) in [5.74, 6) is 0.859. The predicted octanol–water partition coefficient (Wildman–Crippen LogP) is 4.12. The first-order valence-corrected chi connectivity index (χ1v) is 7.82. The van der Waals surface area contributed by atoms with Gasteiger partial charge in [-0.15, -0.1) is 0 Å². The first kappa shape index (κ1) is 14.5. The van der Waals surface area contributed by atoms with E-state index in [4.69, 9.17) is 4.74 Å². The van der Waals surface area contributed by atoms with E-state index in [9.17, 15) is 4.39 Å². The van der Waals surface area contributed by atoms with Gasteiger partial charge < -0.3 is 10.1 Å². The van der Waals surface area contributed by atoms with E-state index in [0.717, 1.165) is 40.9 Å². The Morgan fingerprint density at radius 3 is 2.90 bits per heavy atom. The third-order valence-electron chi connectivity index (χ3n) is 3.69. The Labute approximate surface area is 132 Å². The van der Waals surface area contributed by atoms with Crippen LogP contribution in [0.3, 0.4) is 0 Å². The highest BCUT2D eigenvalue weighted by Gasteiger charge is 2.17. The molecule has 0 bridgehead atoms. The maximum absolute atomic E-state index is 13.2. The van der Waals surface area contributed by atoms with E-state index in [0.29, 0.717) is 12.1 Å². The van der Waals surface area contributed by atoms with Gasteiger partial charge in [-0.1, -0.05) is 28.1 Å². The van der Waals surface area contributed by atoms with Gasteiger partial charge in [0.05, 0.1) is 6.61 Å². The van der Waals surface area contributed by atoms with Gasteiger partial charge in [0.25, 0.3) is 0 Å². The lowest BCUT2D eigenvalue weighted by atomic mass is 10.1. The zero-order valence-electron chi connectivity index (χ0n) is 11.9. The Hall–Kier alpha value is -1.39. The van der Waals surface area contributed by atoms with Crippen LogP contribution in [0, 0.1) is 12.7 Å². The van der Waals surface area contributed by atoms with Crippen molar-refractivity contribution in [2.75, 3.05) is 6.61 Å². The van der Waals surface area contributed by atoms with Crippen LogP contribution in [0.1, 0.15) is 22.3 Å². The molecular formula is C17H17BrFNO. The normalized spacial score (nSPS) is 13.1. The summed E-state index contributed by atoms with van der Waals surface area (Å²) in [5, 5.41) is 3.40. The summed E-state index contributed by atoms with van der Waals surface area (Å²) in [4.78, 5) is 0. The Bertz CT molecular complexity index is 672. The smallest absolute Gasteiger partial charge is 0.127 e. The zero-order chi connectivity index (χ0) is 14.8. The molecule has 0 saturated carbocycles. The number of hydrogen-bond donors (Lipinski definition) is 1. The van der Waals surface area contributed by atoms with E-state index in [1.165, 1.54) is 11.6 Å². The van der Waals surface area contributed by atoms with Crippen LogP contribution in [-0.2, 0) is 19.5 Å². The summed E-state index contributed by atoms with van der Waals surface area (Å²) in [6.45, 7) is 3.99. The van der Waals surface area contributed by atoms with Crippen molar-refractivity contribution in [1.82, 2.24) is 5.32 Å². The number of nitrogens with one attached hydrogen (secondary N) is 1. The van der Waals surface area contributed by atoms with E-state index in [2.05, 4.69) is 33.4 Å². The maximum Gasteiger partial charge on any atom is 0.127 e. The van der Waals surface area contributed by atoms with E-state index in [1.54, 1.807) is 6.92 Å². The fraction of sp³-hybridized carbons (Fsp3) is 0.294. The average molecular weight is 350 g/mol. The second kappa shape index (κ2) is 6.16. The van der Waals surface area contributed by atoms with Gasteiger partial charge in [-0.2, -0.15) is 0 Å². The SMILES string of the molecule is Cc1cc(CNCc2cc(Br)cc3c2OCC3)ccc1F. The highest BCUT2D eigenvalue weighted by Crippen LogP contribution is 2.32. The molecule has 0 spiro atoms. The fourth-order valence-electron chi connectivity index (χ4n) is 2.64. The third kappa shape index (κ3) is 3.27. The average Bonchev–Trinajstić information content (AvgIpc) is 2.91. The number of rotatable bonds is 4. The lowest BCUT2D eigenvalue weighted by Crippen LogP contribution is -2.13. The molecule has 1 heterocycles. The first-order valence-electron chi connectivity index (χ1n) is 7.03. The Morgan fingerprint density at radius 2 is 2.10 bits per heavy atom. The molecule has 1 aliphatic heterocycles. The second-order valence-electron chi connectivity index (χ2n) is 5.34. The van der Waals surface area contributed by atoms with E-state index < -0.39 is 0 Å². The van der Waals surface area contributed by atoms with Crippen molar-refractivity contribution in [3.8, 4) is 5.75 Å². The minimum atomic E-state index is -0.156. The van der Waals surface area contributed by atoms with Crippen LogP contribution in [0.4, 0.5) is 4.39 Å². The van der Waals surface area contributed by atoms with Crippen molar-refractivity contribution in [2.24, 2.45) is 0 Å². The molecule has 2 nitrogen and oxygen atoms in total. The van der Waals surface area contributed by atoms with Gasteiger partial charge in [0, 0.05) is 29.5 Å². The van der Waals surface area contributed by atoms with Crippen molar-refractivity contribution in [2.45, 2.75) is 26.4 Å². The van der Waals surface area contributed by atoms with Gasteiger partial charge in [0.15, 0.2) is 0 Å². The largest absolute Gasteiger partial charge is 0.493 e. The molecule has 0 amide bonds. The molecule has 1 N–H and O–H groups in total. The molecule has 3 rings (SSSR count). The monoisotopic (exact) mass is 349 g/mol. The van der Waals surface area contributed by atoms with E-state index in [1.807, 2.05) is 12.1 Å². The van der Waals surface area contributed by atoms with Crippen molar-refractivity contribution in [3.63, 3.8) is 0 Å². The van der Waals surface area contributed by atoms with Crippen LogP contribution >= 0.6 is 15.9 Å². The van der Waals surface area contributed by atoms with Crippen LogP contribution < -0.4 is 10.1 Å². The van der Waals surface area contributed by atoms with Gasteiger partial charge in [0.1, 0.15) is 11.6 Å². The molecule has 4 heteroatoms. The van der Waals surface area contributed by atoms with Crippen LogP contribution in [0.2, 0.25) is 0 Å². The molecule has 0 saturated heterocycles. The molecule has 2 aromatic carbocycles. The zero-order valence-corrected chi connectivity index (χ0v) is 13.5. The van der Waals surface area contributed by atoms with Crippen LogP contribution in [0.25, 0.3) is 0 Å². The summed E-state index contributed by atoms with van der Waals surface area (Å²) >= 11 is 3.55. The predicted molar refractivity (Wildman–Crippen MR) is 85.0 cm³/mol. The topological polar surface area (TPSA) is 21.3 Å². The summed E-state index contributed by atoms with van der Waals surface area (Å²) in [6.07, 6.45) is 0.971. The highest BCUT2D eigenvalue weighted by atomic mass is 79.9. The summed E-state index contributed by atoms with van der Waals surface area (Å²) < 4.78 is 20.0. The summed E-state index contributed by atoms with van der Waals surface area (Å²) in [5.41, 5.74) is 4.19. The minimum Gasteiger partial charge on any atom is -0.493 e.